The third-order valence-electron chi connectivity index (χ3n) is 5.10. The van der Waals surface area contributed by atoms with Crippen LogP contribution >= 0.6 is 0 Å². The maximum Gasteiger partial charge on any atom is 0.255 e. The highest BCUT2D eigenvalue weighted by molar-refractivity contribution is 5.96. The molecule has 4 rings (SSSR count). The van der Waals surface area contributed by atoms with E-state index >= 15 is 0 Å². The van der Waals surface area contributed by atoms with Gasteiger partial charge in [0.25, 0.3) is 11.5 Å². The Bertz CT molecular complexity index is 1280. The molecule has 5 nitrogen and oxygen atoms in total. The minimum atomic E-state index is -1.09. The van der Waals surface area contributed by atoms with Gasteiger partial charge in [-0.2, -0.15) is 0 Å². The maximum absolute atomic E-state index is 13.8. The zero-order chi connectivity index (χ0) is 20.0. The molecule has 0 saturated heterocycles. The lowest BCUT2D eigenvalue weighted by molar-refractivity contribution is 0.0743. The number of carbonyl (C=O) groups excluding carboxylic acids is 1. The van der Waals surface area contributed by atoms with Crippen LogP contribution in [0.4, 0.5) is 8.78 Å². The molecule has 0 aliphatic heterocycles. The first-order valence-corrected chi connectivity index (χ1v) is 8.71. The van der Waals surface area contributed by atoms with E-state index in [1.807, 2.05) is 22.7 Å². The van der Waals surface area contributed by atoms with Crippen molar-refractivity contribution in [2.24, 2.45) is 0 Å². The summed E-state index contributed by atoms with van der Waals surface area (Å²) in [7, 11) is 1.63. The van der Waals surface area contributed by atoms with Crippen LogP contribution in [0.25, 0.3) is 16.3 Å². The second-order valence-electron chi connectivity index (χ2n) is 6.73. The van der Waals surface area contributed by atoms with E-state index in [9.17, 15) is 18.4 Å². The summed E-state index contributed by atoms with van der Waals surface area (Å²) >= 11 is 0. The number of hydrogen-bond donors (Lipinski definition) is 1. The maximum atomic E-state index is 13.8. The standard InChI is InChI=1S/C21H17F2N3O2/c1-12(17-11-24-20(27)16-10-19(23)18(22)9-15(16)17)25(2)21(28)13-5-7-26-6-3-4-14(26)8-13/h3-12H,1-2H3,(H,24,27)/t12-/m0/s1. The van der Waals surface area contributed by atoms with Crippen molar-refractivity contribution in [2.45, 2.75) is 13.0 Å². The Morgan fingerprint density at radius 2 is 1.82 bits per heavy atom. The molecule has 0 bridgehead atoms. The monoisotopic (exact) mass is 381 g/mol. The zero-order valence-electron chi connectivity index (χ0n) is 15.2. The Balaban J connectivity index is 1.75. The van der Waals surface area contributed by atoms with Crippen molar-refractivity contribution in [3.63, 3.8) is 0 Å². The molecule has 0 radical (unpaired) electrons. The van der Waals surface area contributed by atoms with E-state index in [2.05, 4.69) is 4.98 Å². The lowest BCUT2D eigenvalue weighted by atomic mass is 10.0. The van der Waals surface area contributed by atoms with Gasteiger partial charge >= 0.3 is 0 Å². The Hall–Kier alpha value is -3.48. The summed E-state index contributed by atoms with van der Waals surface area (Å²) < 4.78 is 29.3. The average Bonchev–Trinajstić information content (AvgIpc) is 3.16. The molecule has 0 spiro atoms. The molecule has 0 fully saturated rings. The van der Waals surface area contributed by atoms with Gasteiger partial charge in [-0.15, -0.1) is 0 Å². The van der Waals surface area contributed by atoms with Crippen LogP contribution in [0.15, 0.2) is 59.8 Å². The summed E-state index contributed by atoms with van der Waals surface area (Å²) in [4.78, 5) is 29.0. The summed E-state index contributed by atoms with van der Waals surface area (Å²) in [5, 5.41) is 0.315. The normalized spacial score (nSPS) is 12.4. The Morgan fingerprint density at radius 3 is 2.57 bits per heavy atom. The number of benzene rings is 1. The molecule has 4 aromatic rings. The van der Waals surface area contributed by atoms with Crippen molar-refractivity contribution < 1.29 is 13.6 Å². The van der Waals surface area contributed by atoms with E-state index < -0.39 is 23.2 Å². The number of nitrogens with zero attached hydrogens (tertiary/aromatic N) is 2. The van der Waals surface area contributed by atoms with Gasteiger partial charge in [0.15, 0.2) is 11.6 Å². The highest BCUT2D eigenvalue weighted by Crippen LogP contribution is 2.28. The molecule has 7 heteroatoms. The Morgan fingerprint density at radius 1 is 1.11 bits per heavy atom. The number of rotatable bonds is 3. The van der Waals surface area contributed by atoms with E-state index in [1.165, 1.54) is 11.1 Å². The smallest absolute Gasteiger partial charge is 0.255 e. The molecule has 28 heavy (non-hydrogen) atoms. The summed E-state index contributed by atoms with van der Waals surface area (Å²) in [6.45, 7) is 1.77. The first-order chi connectivity index (χ1) is 13.4. The predicted molar refractivity (Wildman–Crippen MR) is 102 cm³/mol. The molecule has 0 aliphatic carbocycles. The molecule has 142 valence electrons. The van der Waals surface area contributed by atoms with Gasteiger partial charge < -0.3 is 14.3 Å². The molecular formula is C21H17F2N3O2. The van der Waals surface area contributed by atoms with Crippen LogP contribution in [-0.2, 0) is 0 Å². The van der Waals surface area contributed by atoms with Gasteiger partial charge in [0.2, 0.25) is 0 Å². The molecule has 3 aromatic heterocycles. The van der Waals surface area contributed by atoms with Crippen LogP contribution in [0, 0.1) is 11.6 Å². The van der Waals surface area contributed by atoms with Crippen molar-refractivity contribution in [1.29, 1.82) is 0 Å². The van der Waals surface area contributed by atoms with Gasteiger partial charge in [0, 0.05) is 36.7 Å². The molecule has 1 atom stereocenters. The van der Waals surface area contributed by atoms with E-state index in [4.69, 9.17) is 0 Å². The number of aromatic nitrogens is 2. The number of fused-ring (bicyclic) bond motifs is 2. The van der Waals surface area contributed by atoms with E-state index in [0.29, 0.717) is 11.1 Å². The largest absolute Gasteiger partial charge is 0.335 e. The van der Waals surface area contributed by atoms with Crippen LogP contribution in [0.3, 0.4) is 0 Å². The first kappa shape index (κ1) is 17.9. The van der Waals surface area contributed by atoms with E-state index in [-0.39, 0.29) is 16.7 Å². The summed E-state index contributed by atoms with van der Waals surface area (Å²) in [6.07, 6.45) is 5.12. The number of pyridine rings is 2. The number of halogens is 2. The lowest BCUT2D eigenvalue weighted by Gasteiger charge is -2.26. The first-order valence-electron chi connectivity index (χ1n) is 8.71. The van der Waals surface area contributed by atoms with Gasteiger partial charge in [0.05, 0.1) is 11.4 Å². The van der Waals surface area contributed by atoms with Gasteiger partial charge in [-0.3, -0.25) is 9.59 Å². The molecule has 1 aromatic carbocycles. The van der Waals surface area contributed by atoms with Crippen LogP contribution in [0.1, 0.15) is 28.9 Å². The fourth-order valence-corrected chi connectivity index (χ4v) is 3.37. The molecule has 0 saturated carbocycles. The van der Waals surface area contributed by atoms with Gasteiger partial charge in [-0.25, -0.2) is 8.78 Å². The zero-order valence-corrected chi connectivity index (χ0v) is 15.2. The molecule has 0 unspecified atom stereocenters. The van der Waals surface area contributed by atoms with Crippen molar-refractivity contribution in [3.8, 4) is 0 Å². The summed E-state index contributed by atoms with van der Waals surface area (Å²) in [5.74, 6) is -2.36. The minimum absolute atomic E-state index is 0.0405. The van der Waals surface area contributed by atoms with E-state index in [0.717, 1.165) is 17.6 Å². The third-order valence-corrected chi connectivity index (χ3v) is 5.10. The molecule has 1 amide bonds. The lowest BCUT2D eigenvalue weighted by Crippen LogP contribution is -2.30. The number of H-pyrrole nitrogens is 1. The predicted octanol–water partition coefficient (Wildman–Crippen LogP) is 3.89. The van der Waals surface area contributed by atoms with Crippen molar-refractivity contribution in [2.75, 3.05) is 7.05 Å². The van der Waals surface area contributed by atoms with Gasteiger partial charge in [-0.1, -0.05) is 0 Å². The molecular weight excluding hydrogens is 364 g/mol. The Labute approximate surface area is 158 Å². The number of hydrogen-bond acceptors (Lipinski definition) is 2. The topological polar surface area (TPSA) is 57.6 Å². The fraction of sp³-hybridized carbons (Fsp3) is 0.143. The molecule has 0 aliphatic rings. The van der Waals surface area contributed by atoms with Crippen LogP contribution < -0.4 is 5.56 Å². The van der Waals surface area contributed by atoms with Crippen molar-refractivity contribution in [1.82, 2.24) is 14.3 Å². The Kier molecular flexibility index (Phi) is 4.22. The van der Waals surface area contributed by atoms with Gasteiger partial charge in [0.1, 0.15) is 0 Å². The number of amides is 1. The van der Waals surface area contributed by atoms with Crippen molar-refractivity contribution >= 4 is 22.2 Å². The van der Waals surface area contributed by atoms with Crippen LogP contribution in [0.2, 0.25) is 0 Å². The van der Waals surface area contributed by atoms with Crippen molar-refractivity contribution in [3.05, 3.63) is 88.1 Å². The van der Waals surface area contributed by atoms with Crippen LogP contribution in [-0.4, -0.2) is 27.2 Å². The average molecular weight is 381 g/mol. The quantitative estimate of drug-likeness (QED) is 0.585. The van der Waals surface area contributed by atoms with Crippen LogP contribution in [0.5, 0.6) is 0 Å². The molecule has 3 heterocycles. The number of carbonyl (C=O) groups is 1. The fourth-order valence-electron chi connectivity index (χ4n) is 3.37. The molecule has 1 N–H and O–H groups in total. The van der Waals surface area contributed by atoms with Gasteiger partial charge in [-0.05, 0) is 54.3 Å². The highest BCUT2D eigenvalue weighted by atomic mass is 19.2. The third kappa shape index (κ3) is 2.85. The second kappa shape index (κ2) is 6.60. The minimum Gasteiger partial charge on any atom is -0.335 e. The SMILES string of the molecule is C[C@@H](c1c[nH]c(=O)c2cc(F)c(F)cc12)N(C)C(=O)c1ccn2cccc2c1. The van der Waals surface area contributed by atoms with E-state index in [1.54, 1.807) is 32.3 Å². The number of aromatic amines is 1. The summed E-state index contributed by atoms with van der Waals surface area (Å²) in [6, 6.07) is 8.67. The summed E-state index contributed by atoms with van der Waals surface area (Å²) in [5.41, 5.74) is 1.40. The highest BCUT2D eigenvalue weighted by Gasteiger charge is 2.22. The second-order valence-corrected chi connectivity index (χ2v) is 6.73. The number of nitrogens with one attached hydrogen (secondary N) is 1.